The van der Waals surface area contributed by atoms with Gasteiger partial charge in [-0.15, -0.1) is 0 Å². The lowest BCUT2D eigenvalue weighted by molar-refractivity contribution is 0.476. The van der Waals surface area contributed by atoms with Gasteiger partial charge in [0, 0.05) is 45.9 Å². The fourth-order valence-electron chi connectivity index (χ4n) is 10.4. The molecule has 362 valence electrons. The fraction of sp³-hybridized carbons (Fsp3) is 0.369. The van der Waals surface area contributed by atoms with E-state index in [1.807, 2.05) is 6.20 Å². The van der Waals surface area contributed by atoms with Crippen molar-refractivity contribution in [2.24, 2.45) is 0 Å². The van der Waals surface area contributed by atoms with Crippen molar-refractivity contribution in [1.82, 2.24) is 9.55 Å². The minimum Gasteiger partial charge on any atom is -0.457 e. The molecule has 70 heavy (non-hydrogen) atoms. The number of hydrogen-bond donors (Lipinski definition) is 0. The van der Waals surface area contributed by atoms with E-state index in [-0.39, 0.29) is 32.5 Å². The Morgan fingerprint density at radius 3 is 1.59 bits per heavy atom. The van der Waals surface area contributed by atoms with Crippen molar-refractivity contribution in [2.75, 3.05) is 16.5 Å². The summed E-state index contributed by atoms with van der Waals surface area (Å²) in [6.45, 7) is 40.0. The molecule has 0 unspecified atom stereocenters. The Labute approximate surface area is 419 Å². The fourth-order valence-corrected chi connectivity index (χ4v) is 10.4. The van der Waals surface area contributed by atoms with Gasteiger partial charge < -0.3 is 14.5 Å². The van der Waals surface area contributed by atoms with Gasteiger partial charge in [-0.25, -0.2) is 4.98 Å². The van der Waals surface area contributed by atoms with Crippen molar-refractivity contribution in [2.45, 2.75) is 150 Å². The van der Waals surface area contributed by atoms with Crippen LogP contribution >= 0.6 is 0 Å². The second kappa shape index (κ2) is 16.9. The topological polar surface area (TPSA) is 33.5 Å². The molecule has 1 aliphatic rings. The third-order valence-electron chi connectivity index (χ3n) is 14.7. The van der Waals surface area contributed by atoms with Crippen LogP contribution in [-0.2, 0) is 32.5 Å². The molecular formula is C65H76N4O. The molecule has 0 atom stereocenters. The van der Waals surface area contributed by atoms with Crippen LogP contribution in [0.3, 0.4) is 0 Å². The van der Waals surface area contributed by atoms with Gasteiger partial charge in [-0.1, -0.05) is 178 Å². The van der Waals surface area contributed by atoms with E-state index >= 15 is 0 Å². The summed E-state index contributed by atoms with van der Waals surface area (Å²) in [5.41, 5.74) is 15.2. The monoisotopic (exact) mass is 929 g/mol. The van der Waals surface area contributed by atoms with Gasteiger partial charge in [0.2, 0.25) is 0 Å². The van der Waals surface area contributed by atoms with Crippen LogP contribution < -0.4 is 14.5 Å². The van der Waals surface area contributed by atoms with E-state index in [4.69, 9.17) is 9.72 Å². The third-order valence-corrected chi connectivity index (χ3v) is 14.7. The van der Waals surface area contributed by atoms with Gasteiger partial charge >= 0.3 is 0 Å². The molecule has 1 aliphatic heterocycles. The molecule has 0 bridgehead atoms. The van der Waals surface area contributed by atoms with Gasteiger partial charge in [0.25, 0.3) is 0 Å². The summed E-state index contributed by atoms with van der Waals surface area (Å²) >= 11 is 0. The molecule has 0 spiro atoms. The largest absolute Gasteiger partial charge is 0.457 e. The number of pyridine rings is 1. The van der Waals surface area contributed by atoms with Crippen LogP contribution in [0.2, 0.25) is 0 Å². The smallest absolute Gasteiger partial charge is 0.137 e. The first-order valence-electron chi connectivity index (χ1n) is 25.4. The van der Waals surface area contributed by atoms with Crippen molar-refractivity contribution in [1.29, 1.82) is 0 Å². The Bertz CT molecular complexity index is 3260. The average molecular weight is 929 g/mol. The Kier molecular flexibility index (Phi) is 11.8. The molecule has 2 aromatic heterocycles. The van der Waals surface area contributed by atoms with Gasteiger partial charge in [0.1, 0.15) is 24.0 Å². The molecule has 6 aromatic carbocycles. The van der Waals surface area contributed by atoms with Crippen LogP contribution in [0.5, 0.6) is 11.5 Å². The molecular weight excluding hydrogens is 853 g/mol. The minimum atomic E-state index is -0.184. The number of hydrogen-bond acceptors (Lipinski definition) is 4. The molecule has 5 heteroatoms. The molecule has 0 N–H and O–H groups in total. The maximum atomic E-state index is 7.29. The number of ether oxygens (including phenoxy) is 1. The van der Waals surface area contributed by atoms with Gasteiger partial charge in [-0.05, 0) is 127 Å². The zero-order valence-corrected chi connectivity index (χ0v) is 45.2. The maximum Gasteiger partial charge on any atom is 0.137 e. The maximum absolute atomic E-state index is 7.29. The Morgan fingerprint density at radius 2 is 0.971 bits per heavy atom. The molecule has 8 aromatic rings. The number of aromatic nitrogens is 2. The van der Waals surface area contributed by atoms with Crippen molar-refractivity contribution in [3.63, 3.8) is 0 Å². The number of anilines is 4. The number of fused-ring (bicyclic) bond motifs is 4. The van der Waals surface area contributed by atoms with E-state index in [1.165, 1.54) is 66.8 Å². The predicted molar refractivity (Wildman–Crippen MR) is 299 cm³/mol. The predicted octanol–water partition coefficient (Wildman–Crippen LogP) is 18.0. The summed E-state index contributed by atoms with van der Waals surface area (Å²) in [7, 11) is 0. The SMILES string of the molecule is CC(C)(C)c1cc(Oc2cc(C(C)(C)C)c3c4ccccc4n(-c4cc(C(C)(C)C)ccn4)c3c2)cc(N2CN(c3cccc(C(C)(C)c4ccccc4)c3)c3cc(C(C)(C)C)c(C(C)(C)C)cc32)c1. The van der Waals surface area contributed by atoms with Crippen molar-refractivity contribution < 1.29 is 4.74 Å². The van der Waals surface area contributed by atoms with Crippen LogP contribution in [-0.4, -0.2) is 16.2 Å². The van der Waals surface area contributed by atoms with E-state index in [0.717, 1.165) is 34.0 Å². The normalized spacial score (nSPS) is 14.0. The summed E-state index contributed by atoms with van der Waals surface area (Å²) < 4.78 is 9.62. The molecule has 0 fully saturated rings. The van der Waals surface area contributed by atoms with Crippen LogP contribution in [0.4, 0.5) is 22.7 Å². The highest BCUT2D eigenvalue weighted by Crippen LogP contribution is 2.51. The molecule has 3 heterocycles. The number of rotatable bonds is 7. The van der Waals surface area contributed by atoms with Crippen molar-refractivity contribution in [3.05, 3.63) is 179 Å². The van der Waals surface area contributed by atoms with Gasteiger partial charge in [0.05, 0.1) is 22.4 Å². The van der Waals surface area contributed by atoms with Crippen LogP contribution in [0.15, 0.2) is 140 Å². The van der Waals surface area contributed by atoms with Crippen LogP contribution in [0.25, 0.3) is 27.6 Å². The highest BCUT2D eigenvalue weighted by Gasteiger charge is 2.36. The summed E-state index contributed by atoms with van der Waals surface area (Å²) in [5.74, 6) is 2.52. The van der Waals surface area contributed by atoms with Crippen molar-refractivity contribution >= 4 is 44.6 Å². The second-order valence-corrected chi connectivity index (χ2v) is 25.6. The summed E-state index contributed by atoms with van der Waals surface area (Å²) in [5, 5.41) is 2.45. The lowest BCUT2D eigenvalue weighted by Gasteiger charge is -2.32. The molecule has 0 aliphatic carbocycles. The third kappa shape index (κ3) is 9.02. The van der Waals surface area contributed by atoms with E-state index in [9.17, 15) is 0 Å². The molecule has 0 saturated carbocycles. The number of nitrogens with zero attached hydrogens (tertiary/aromatic N) is 4. The number of para-hydroxylation sites is 1. The van der Waals surface area contributed by atoms with E-state index in [2.05, 4.69) is 266 Å². The lowest BCUT2D eigenvalue weighted by Crippen LogP contribution is -2.25. The van der Waals surface area contributed by atoms with E-state index < -0.39 is 0 Å². The van der Waals surface area contributed by atoms with Gasteiger partial charge in [-0.2, -0.15) is 0 Å². The van der Waals surface area contributed by atoms with Crippen LogP contribution in [0, 0.1) is 0 Å². The van der Waals surface area contributed by atoms with Gasteiger partial charge in [-0.3, -0.25) is 4.57 Å². The zero-order chi connectivity index (χ0) is 50.5. The Morgan fingerprint density at radius 1 is 0.414 bits per heavy atom. The quantitative estimate of drug-likeness (QED) is 0.159. The summed E-state index contributed by atoms with van der Waals surface area (Å²) in [6, 6.07) is 49.6. The first-order chi connectivity index (χ1) is 32.6. The molecule has 9 rings (SSSR count). The Balaban J connectivity index is 1.23. The summed E-state index contributed by atoms with van der Waals surface area (Å²) in [6.07, 6.45) is 1.95. The van der Waals surface area contributed by atoms with E-state index in [0.29, 0.717) is 6.67 Å². The highest BCUT2D eigenvalue weighted by molar-refractivity contribution is 6.11. The summed E-state index contributed by atoms with van der Waals surface area (Å²) in [4.78, 5) is 10.1. The lowest BCUT2D eigenvalue weighted by atomic mass is 9.74. The zero-order valence-electron chi connectivity index (χ0n) is 45.2. The minimum absolute atomic E-state index is 0.0313. The first kappa shape index (κ1) is 48.7. The first-order valence-corrected chi connectivity index (χ1v) is 25.4. The van der Waals surface area contributed by atoms with Crippen molar-refractivity contribution in [3.8, 4) is 17.3 Å². The van der Waals surface area contributed by atoms with Crippen LogP contribution in [0.1, 0.15) is 157 Å². The average Bonchev–Trinajstić information content (AvgIpc) is 3.83. The molecule has 0 amide bonds. The Hall–Kier alpha value is -6.33. The highest BCUT2D eigenvalue weighted by atomic mass is 16.5. The second-order valence-electron chi connectivity index (χ2n) is 25.6. The molecule has 0 radical (unpaired) electrons. The van der Waals surface area contributed by atoms with E-state index in [1.54, 1.807) is 0 Å². The number of benzene rings is 6. The standard InChI is InChI=1S/C65H76N4O/c1-60(2,3)43-30-31-66-58(35-43)69-54-29-22-21-28-50(54)59-53(64(13,14)15)37-49(38-57(59)69)70-48-34-45(61(4,5)6)33-47(36-48)68-41-67(55-39-51(62(7,8)9)52(40-56(55)68)63(10,11)12)46-27-23-26-44(32-46)65(16,17)42-24-19-18-20-25-42/h18-40H,41H2,1-17H3. The molecule has 5 nitrogen and oxygen atoms in total. The molecule has 0 saturated heterocycles. The van der Waals surface area contributed by atoms with Gasteiger partial charge in [0.15, 0.2) is 0 Å².